The van der Waals surface area contributed by atoms with Crippen molar-refractivity contribution in [1.29, 1.82) is 0 Å². The van der Waals surface area contributed by atoms with Crippen molar-refractivity contribution >= 4 is 41.4 Å². The Bertz CT molecular complexity index is 752. The van der Waals surface area contributed by atoms with Crippen LogP contribution < -0.4 is 21.7 Å². The molecule has 5 N–H and O–H groups in total. The Morgan fingerprint density at radius 1 is 0.852 bits per heavy atom. The molecule has 2 aromatic carbocycles. The second kappa shape index (κ2) is 9.94. The van der Waals surface area contributed by atoms with Crippen molar-refractivity contribution < 1.29 is 9.59 Å². The van der Waals surface area contributed by atoms with Crippen molar-refractivity contribution in [2.24, 2.45) is 11.7 Å². The predicted octanol–water partition coefficient (Wildman–Crippen LogP) is 4.21. The molecule has 0 aromatic heterocycles. The lowest BCUT2D eigenvalue weighted by molar-refractivity contribution is -0.117. The van der Waals surface area contributed by atoms with Crippen LogP contribution in [-0.4, -0.2) is 18.0 Å². The maximum atomic E-state index is 12.1. The summed E-state index contributed by atoms with van der Waals surface area (Å²) in [6.45, 7) is 0. The number of carbonyl (C=O) groups is 2. The topological polar surface area (TPSA) is 96.2 Å². The zero-order chi connectivity index (χ0) is 18.4. The van der Waals surface area contributed by atoms with Gasteiger partial charge < -0.3 is 21.7 Å². The number of hydrogen-bond donors (Lipinski definition) is 4. The molecule has 6 nitrogen and oxygen atoms in total. The van der Waals surface area contributed by atoms with E-state index in [4.69, 9.17) is 5.73 Å². The van der Waals surface area contributed by atoms with E-state index >= 15 is 0 Å². The number of nitrogens with one attached hydrogen (secondary N) is 3. The minimum atomic E-state index is -0.316. The third kappa shape index (κ3) is 6.27. The summed E-state index contributed by atoms with van der Waals surface area (Å²) >= 11 is 0. The van der Waals surface area contributed by atoms with Gasteiger partial charge >= 0.3 is 6.03 Å². The van der Waals surface area contributed by atoms with Gasteiger partial charge in [-0.3, -0.25) is 4.79 Å². The quantitative estimate of drug-likeness (QED) is 0.617. The van der Waals surface area contributed by atoms with Crippen molar-refractivity contribution in [2.75, 3.05) is 16.0 Å². The van der Waals surface area contributed by atoms with E-state index in [1.807, 2.05) is 30.3 Å². The highest BCUT2D eigenvalue weighted by molar-refractivity contribution is 6.00. The van der Waals surface area contributed by atoms with Gasteiger partial charge in [0.2, 0.25) is 5.91 Å². The molecule has 0 radical (unpaired) electrons. The molecule has 1 aliphatic rings. The van der Waals surface area contributed by atoms with Crippen LogP contribution in [0.1, 0.15) is 25.7 Å². The molecule has 2 atom stereocenters. The zero-order valence-electron chi connectivity index (χ0n) is 15.0. The third-order valence-corrected chi connectivity index (χ3v) is 4.62. The Kier molecular flexibility index (Phi) is 7.64. The van der Waals surface area contributed by atoms with E-state index in [-0.39, 0.29) is 36.3 Å². The average molecular weight is 389 g/mol. The van der Waals surface area contributed by atoms with Crippen LogP contribution in [0.2, 0.25) is 0 Å². The molecular formula is C20H25ClN4O2. The van der Waals surface area contributed by atoms with E-state index in [0.29, 0.717) is 17.8 Å². The Balaban J connectivity index is 0.00000261. The largest absolute Gasteiger partial charge is 0.327 e. The maximum Gasteiger partial charge on any atom is 0.323 e. The molecule has 0 saturated heterocycles. The molecule has 7 heteroatoms. The lowest BCUT2D eigenvalue weighted by atomic mass is 10.00. The summed E-state index contributed by atoms with van der Waals surface area (Å²) in [6, 6.07) is 16.1. The molecule has 0 unspecified atom stereocenters. The second-order valence-corrected chi connectivity index (χ2v) is 6.63. The number of halogens is 1. The molecule has 0 bridgehead atoms. The number of urea groups is 1. The zero-order valence-corrected chi connectivity index (χ0v) is 15.8. The van der Waals surface area contributed by atoms with Gasteiger partial charge in [0.05, 0.1) is 0 Å². The van der Waals surface area contributed by atoms with Crippen molar-refractivity contribution in [3.63, 3.8) is 0 Å². The van der Waals surface area contributed by atoms with E-state index in [9.17, 15) is 9.59 Å². The van der Waals surface area contributed by atoms with Gasteiger partial charge in [0.15, 0.2) is 0 Å². The van der Waals surface area contributed by atoms with Crippen molar-refractivity contribution in [1.82, 2.24) is 0 Å². The van der Waals surface area contributed by atoms with Gasteiger partial charge in [-0.05, 0) is 55.2 Å². The van der Waals surface area contributed by atoms with Crippen LogP contribution in [0, 0.1) is 5.92 Å². The molecule has 144 valence electrons. The van der Waals surface area contributed by atoms with Crippen molar-refractivity contribution in [3.05, 3.63) is 54.6 Å². The number of anilines is 3. The molecule has 0 spiro atoms. The van der Waals surface area contributed by atoms with Crippen LogP contribution in [0.15, 0.2) is 54.6 Å². The first-order valence-electron chi connectivity index (χ1n) is 8.89. The van der Waals surface area contributed by atoms with Crippen molar-refractivity contribution in [3.8, 4) is 0 Å². The lowest BCUT2D eigenvalue weighted by Crippen LogP contribution is -2.28. The lowest BCUT2D eigenvalue weighted by Gasteiger charge is -2.15. The summed E-state index contributed by atoms with van der Waals surface area (Å²) < 4.78 is 0. The van der Waals surface area contributed by atoms with Crippen LogP contribution >= 0.6 is 12.4 Å². The van der Waals surface area contributed by atoms with Crippen LogP contribution in [0.25, 0.3) is 0 Å². The maximum absolute atomic E-state index is 12.1. The fourth-order valence-corrected chi connectivity index (χ4v) is 3.22. The first kappa shape index (κ1) is 20.7. The highest BCUT2D eigenvalue weighted by Gasteiger charge is 2.25. The summed E-state index contributed by atoms with van der Waals surface area (Å²) in [4.78, 5) is 24.1. The normalized spacial score (nSPS) is 18.3. The van der Waals surface area contributed by atoms with Gasteiger partial charge in [-0.1, -0.05) is 24.6 Å². The number of nitrogens with two attached hydrogens (primary N) is 1. The number of rotatable bonds is 5. The molecule has 0 aliphatic heterocycles. The second-order valence-electron chi connectivity index (χ2n) is 6.63. The summed E-state index contributed by atoms with van der Waals surface area (Å²) in [5.41, 5.74) is 8.09. The fourth-order valence-electron chi connectivity index (χ4n) is 3.22. The SMILES string of the molecule is Cl.N[C@@H]1CCC[C@H]1CC(=O)Nc1ccc(NC(=O)Nc2ccccc2)cc1. The van der Waals surface area contributed by atoms with Crippen molar-refractivity contribution in [2.45, 2.75) is 31.7 Å². The van der Waals surface area contributed by atoms with Gasteiger partial charge in [-0.2, -0.15) is 0 Å². The monoisotopic (exact) mass is 388 g/mol. The van der Waals surface area contributed by atoms with Gasteiger partial charge in [0, 0.05) is 29.5 Å². The van der Waals surface area contributed by atoms with E-state index in [1.165, 1.54) is 0 Å². The smallest absolute Gasteiger partial charge is 0.323 e. The molecule has 27 heavy (non-hydrogen) atoms. The first-order valence-corrected chi connectivity index (χ1v) is 8.89. The number of hydrogen-bond acceptors (Lipinski definition) is 3. The first-order chi connectivity index (χ1) is 12.6. The number of benzene rings is 2. The van der Waals surface area contributed by atoms with E-state index < -0.39 is 0 Å². The van der Waals surface area contributed by atoms with Crippen LogP contribution in [-0.2, 0) is 4.79 Å². The van der Waals surface area contributed by atoms with Gasteiger partial charge in [-0.15, -0.1) is 12.4 Å². The fraction of sp³-hybridized carbons (Fsp3) is 0.300. The summed E-state index contributed by atoms with van der Waals surface area (Å²) in [6.07, 6.45) is 3.59. The number of carbonyl (C=O) groups excluding carboxylic acids is 2. The van der Waals surface area contributed by atoms with E-state index in [1.54, 1.807) is 24.3 Å². The van der Waals surface area contributed by atoms with Gasteiger partial charge in [-0.25, -0.2) is 4.79 Å². The molecule has 3 amide bonds. The Hall–Kier alpha value is -2.57. The van der Waals surface area contributed by atoms with Crippen LogP contribution in [0.3, 0.4) is 0 Å². The highest BCUT2D eigenvalue weighted by Crippen LogP contribution is 2.27. The molecule has 1 saturated carbocycles. The van der Waals surface area contributed by atoms with E-state index in [2.05, 4.69) is 16.0 Å². The molecule has 0 heterocycles. The van der Waals surface area contributed by atoms with E-state index in [0.717, 1.165) is 24.9 Å². The van der Waals surface area contributed by atoms with Crippen LogP contribution in [0.4, 0.5) is 21.9 Å². The Morgan fingerprint density at radius 3 is 1.96 bits per heavy atom. The molecule has 1 aliphatic carbocycles. The minimum Gasteiger partial charge on any atom is -0.327 e. The Morgan fingerprint density at radius 2 is 1.41 bits per heavy atom. The third-order valence-electron chi connectivity index (χ3n) is 4.62. The minimum absolute atomic E-state index is 0. The molecular weight excluding hydrogens is 364 g/mol. The summed E-state index contributed by atoms with van der Waals surface area (Å²) in [5, 5.41) is 8.39. The number of para-hydroxylation sites is 1. The molecule has 1 fully saturated rings. The summed E-state index contributed by atoms with van der Waals surface area (Å²) in [7, 11) is 0. The average Bonchev–Trinajstić information content (AvgIpc) is 3.02. The standard InChI is InChI=1S/C20H24N4O2.ClH/c21-18-8-4-5-14(18)13-19(25)22-16-9-11-17(12-10-16)24-20(26)23-15-6-2-1-3-7-15;/h1-3,6-7,9-12,14,18H,4-5,8,13,21H2,(H,22,25)(H2,23,24,26);1H/t14-,18+;/m0./s1. The molecule has 3 rings (SSSR count). The molecule has 2 aromatic rings. The number of amides is 3. The summed E-state index contributed by atoms with van der Waals surface area (Å²) in [5.74, 6) is 0.257. The predicted molar refractivity (Wildman–Crippen MR) is 111 cm³/mol. The van der Waals surface area contributed by atoms with Crippen LogP contribution in [0.5, 0.6) is 0 Å². The highest BCUT2D eigenvalue weighted by atomic mass is 35.5. The van der Waals surface area contributed by atoms with Gasteiger partial charge in [0.1, 0.15) is 0 Å². The van der Waals surface area contributed by atoms with Gasteiger partial charge in [0.25, 0.3) is 0 Å². The Labute approximate surface area is 165 Å².